The van der Waals surface area contributed by atoms with Crippen LogP contribution in [0.3, 0.4) is 0 Å². The lowest BCUT2D eigenvalue weighted by Crippen LogP contribution is -2.36. The number of benzene rings is 1. The van der Waals surface area contributed by atoms with Crippen LogP contribution >= 0.6 is 0 Å². The van der Waals surface area contributed by atoms with Gasteiger partial charge in [0.15, 0.2) is 0 Å². The third kappa shape index (κ3) is 4.03. The summed E-state index contributed by atoms with van der Waals surface area (Å²) in [5.41, 5.74) is 8.10. The van der Waals surface area contributed by atoms with Crippen LogP contribution < -0.4 is 16.4 Å². The molecule has 5 nitrogen and oxygen atoms in total. The van der Waals surface area contributed by atoms with E-state index in [2.05, 4.69) is 10.6 Å². The number of nitrogens with two attached hydrogens (primary N) is 1. The van der Waals surface area contributed by atoms with Gasteiger partial charge in [-0.2, -0.15) is 0 Å². The first-order valence-electron chi connectivity index (χ1n) is 8.23. The summed E-state index contributed by atoms with van der Waals surface area (Å²) in [6.45, 7) is 1.23. The molecule has 1 aromatic rings. The number of primary amides is 1. The SMILES string of the molecule is N=C1C(C(N)=O)=CC=C/C1=C/Nc1ccc([C@@H]2CNC[C@@H](F)C2)cc1. The molecule has 0 saturated carbocycles. The second-order valence-corrected chi connectivity index (χ2v) is 6.23. The van der Waals surface area contributed by atoms with Gasteiger partial charge in [-0.3, -0.25) is 10.2 Å². The van der Waals surface area contributed by atoms with Crippen molar-refractivity contribution < 1.29 is 9.18 Å². The molecule has 1 aliphatic heterocycles. The molecule has 0 unspecified atom stereocenters. The van der Waals surface area contributed by atoms with Crippen molar-refractivity contribution in [2.75, 3.05) is 18.4 Å². The largest absolute Gasteiger partial charge is 0.366 e. The highest BCUT2D eigenvalue weighted by molar-refractivity contribution is 6.28. The number of amides is 1. The zero-order valence-electron chi connectivity index (χ0n) is 13.8. The second-order valence-electron chi connectivity index (χ2n) is 6.23. The van der Waals surface area contributed by atoms with E-state index in [0.29, 0.717) is 18.5 Å². The molecule has 0 radical (unpaired) electrons. The molecule has 130 valence electrons. The maximum Gasteiger partial charge on any atom is 0.250 e. The highest BCUT2D eigenvalue weighted by Gasteiger charge is 2.22. The van der Waals surface area contributed by atoms with Crippen LogP contribution in [0.1, 0.15) is 17.9 Å². The number of nitrogens with one attached hydrogen (secondary N) is 3. The van der Waals surface area contributed by atoms with Gasteiger partial charge in [-0.1, -0.05) is 24.3 Å². The van der Waals surface area contributed by atoms with E-state index in [1.807, 2.05) is 24.3 Å². The van der Waals surface area contributed by atoms with Gasteiger partial charge in [0.2, 0.25) is 0 Å². The minimum atomic E-state index is -0.794. The summed E-state index contributed by atoms with van der Waals surface area (Å²) in [5, 5.41) is 14.2. The van der Waals surface area contributed by atoms with E-state index >= 15 is 0 Å². The van der Waals surface area contributed by atoms with E-state index in [1.54, 1.807) is 18.4 Å². The van der Waals surface area contributed by atoms with Crippen LogP contribution in [0.15, 0.2) is 59.8 Å². The molecule has 0 aromatic heterocycles. The van der Waals surface area contributed by atoms with E-state index in [-0.39, 0.29) is 17.2 Å². The van der Waals surface area contributed by atoms with Gasteiger partial charge in [-0.05, 0) is 36.1 Å². The number of piperidine rings is 1. The Hall–Kier alpha value is -2.73. The topological polar surface area (TPSA) is 91.0 Å². The third-order valence-electron chi connectivity index (χ3n) is 4.44. The standard InChI is InChI=1S/C19H21FN4O/c20-15-8-14(9-23-11-15)12-4-6-16(7-5-12)24-10-13-2-1-3-17(18(13)21)19(22)25/h1-7,10,14-15,21,23-24H,8-9,11H2,(H2,22,25)/b13-10-,21-18?/t14-,15-/m0/s1. The Kier molecular flexibility index (Phi) is 5.09. The van der Waals surface area contributed by atoms with Crippen LogP contribution in [0.25, 0.3) is 0 Å². The van der Waals surface area contributed by atoms with Gasteiger partial charge in [0.05, 0.1) is 11.3 Å². The molecular formula is C19H21FN4O. The molecule has 1 aliphatic carbocycles. The highest BCUT2D eigenvalue weighted by atomic mass is 19.1. The summed E-state index contributed by atoms with van der Waals surface area (Å²) in [6.07, 6.45) is 6.39. The van der Waals surface area contributed by atoms with Crippen LogP contribution in [0, 0.1) is 5.41 Å². The number of hydrogen-bond donors (Lipinski definition) is 4. The van der Waals surface area contributed by atoms with E-state index in [1.165, 1.54) is 6.08 Å². The summed E-state index contributed by atoms with van der Waals surface area (Å²) in [5.74, 6) is -0.425. The molecule has 6 heteroatoms. The fourth-order valence-electron chi connectivity index (χ4n) is 3.05. The van der Waals surface area contributed by atoms with Crippen LogP contribution in [-0.4, -0.2) is 30.9 Å². The number of hydrogen-bond acceptors (Lipinski definition) is 4. The Bertz CT molecular complexity index is 764. The molecule has 2 aliphatic rings. The van der Waals surface area contributed by atoms with Crippen molar-refractivity contribution in [3.8, 4) is 0 Å². The Morgan fingerprint density at radius 1 is 1.32 bits per heavy atom. The average Bonchev–Trinajstić information content (AvgIpc) is 2.61. The molecule has 3 rings (SSSR count). The van der Waals surface area contributed by atoms with E-state index < -0.39 is 12.1 Å². The van der Waals surface area contributed by atoms with Crippen LogP contribution in [0.5, 0.6) is 0 Å². The number of anilines is 1. The Morgan fingerprint density at radius 2 is 2.08 bits per heavy atom. The third-order valence-corrected chi connectivity index (χ3v) is 4.44. The minimum Gasteiger partial charge on any atom is -0.366 e. The Morgan fingerprint density at radius 3 is 2.76 bits per heavy atom. The van der Waals surface area contributed by atoms with Crippen molar-refractivity contribution in [1.82, 2.24) is 5.32 Å². The monoisotopic (exact) mass is 340 g/mol. The summed E-state index contributed by atoms with van der Waals surface area (Å²) in [6, 6.07) is 7.83. The molecule has 2 atom stereocenters. The molecule has 0 spiro atoms. The number of halogens is 1. The number of carbonyl (C=O) groups excluding carboxylic acids is 1. The summed E-state index contributed by atoms with van der Waals surface area (Å²) in [4.78, 5) is 11.3. The summed E-state index contributed by atoms with van der Waals surface area (Å²) >= 11 is 0. The lowest BCUT2D eigenvalue weighted by atomic mass is 9.91. The van der Waals surface area contributed by atoms with E-state index in [9.17, 15) is 9.18 Å². The van der Waals surface area contributed by atoms with Crippen LogP contribution in [0.4, 0.5) is 10.1 Å². The van der Waals surface area contributed by atoms with Crippen molar-refractivity contribution in [2.45, 2.75) is 18.5 Å². The fourth-order valence-corrected chi connectivity index (χ4v) is 3.05. The normalized spacial score (nSPS) is 24.9. The molecule has 1 aromatic carbocycles. The smallest absolute Gasteiger partial charge is 0.250 e. The fraction of sp³-hybridized carbons (Fsp3) is 0.263. The highest BCUT2D eigenvalue weighted by Crippen LogP contribution is 2.26. The molecule has 0 bridgehead atoms. The first-order chi connectivity index (χ1) is 12.0. The quantitative estimate of drug-likeness (QED) is 0.678. The lowest BCUT2D eigenvalue weighted by Gasteiger charge is -2.26. The van der Waals surface area contributed by atoms with E-state index in [0.717, 1.165) is 17.8 Å². The number of rotatable bonds is 4. The molecule has 1 amide bonds. The van der Waals surface area contributed by atoms with Gasteiger partial charge in [0, 0.05) is 30.5 Å². The van der Waals surface area contributed by atoms with Gasteiger partial charge in [0.1, 0.15) is 6.17 Å². The minimum absolute atomic E-state index is 0.0985. The zero-order valence-corrected chi connectivity index (χ0v) is 13.8. The molecule has 1 heterocycles. The van der Waals surface area contributed by atoms with Crippen LogP contribution in [0.2, 0.25) is 0 Å². The summed E-state index contributed by atoms with van der Waals surface area (Å²) < 4.78 is 13.5. The molecule has 25 heavy (non-hydrogen) atoms. The maximum atomic E-state index is 13.5. The number of alkyl halides is 1. The van der Waals surface area contributed by atoms with Gasteiger partial charge in [0.25, 0.3) is 5.91 Å². The van der Waals surface area contributed by atoms with Crippen molar-refractivity contribution in [2.24, 2.45) is 5.73 Å². The first kappa shape index (κ1) is 17.1. The van der Waals surface area contributed by atoms with Crippen LogP contribution in [-0.2, 0) is 4.79 Å². The predicted octanol–water partition coefficient (Wildman–Crippen LogP) is 2.40. The number of carbonyl (C=O) groups is 1. The molecular weight excluding hydrogens is 319 g/mol. The second kappa shape index (κ2) is 7.44. The van der Waals surface area contributed by atoms with Gasteiger partial charge in [-0.15, -0.1) is 0 Å². The molecule has 1 saturated heterocycles. The maximum absolute atomic E-state index is 13.5. The van der Waals surface area contributed by atoms with Gasteiger partial charge < -0.3 is 16.4 Å². The lowest BCUT2D eigenvalue weighted by molar-refractivity contribution is -0.114. The Labute approximate surface area is 146 Å². The Balaban J connectivity index is 1.66. The van der Waals surface area contributed by atoms with Gasteiger partial charge in [-0.25, -0.2) is 4.39 Å². The van der Waals surface area contributed by atoms with Crippen molar-refractivity contribution >= 4 is 17.3 Å². The van der Waals surface area contributed by atoms with Crippen molar-refractivity contribution in [3.63, 3.8) is 0 Å². The first-order valence-corrected chi connectivity index (χ1v) is 8.23. The van der Waals surface area contributed by atoms with Gasteiger partial charge >= 0.3 is 0 Å². The number of allylic oxidation sites excluding steroid dienone is 4. The summed E-state index contributed by atoms with van der Waals surface area (Å²) in [7, 11) is 0. The van der Waals surface area contributed by atoms with E-state index in [4.69, 9.17) is 11.1 Å². The zero-order chi connectivity index (χ0) is 17.8. The predicted molar refractivity (Wildman–Crippen MR) is 97.4 cm³/mol. The molecule has 5 N–H and O–H groups in total. The molecule has 1 fully saturated rings. The van der Waals surface area contributed by atoms with Crippen molar-refractivity contribution in [1.29, 1.82) is 5.41 Å². The van der Waals surface area contributed by atoms with Crippen molar-refractivity contribution in [3.05, 3.63) is 65.4 Å². The average molecular weight is 340 g/mol.